The molecule has 8 aliphatic rings. The summed E-state index contributed by atoms with van der Waals surface area (Å²) in [6.45, 7) is 8.10. The van der Waals surface area contributed by atoms with E-state index in [1.54, 1.807) is 0 Å². The van der Waals surface area contributed by atoms with E-state index in [-0.39, 0.29) is 31.1 Å². The first kappa shape index (κ1) is 53.3. The first-order chi connectivity index (χ1) is 32.4. The van der Waals surface area contributed by atoms with Gasteiger partial charge in [0, 0.05) is 5.41 Å². The number of hydrogen-bond donors (Lipinski definition) is 12. The largest absolute Gasteiger partial charge is 0.469 e. The summed E-state index contributed by atoms with van der Waals surface area (Å²) in [7, 11) is 1.34. The molecule has 4 saturated carbocycles. The molecule has 0 spiro atoms. The van der Waals surface area contributed by atoms with E-state index in [1.165, 1.54) is 7.11 Å². The Hall–Kier alpha value is -2.00. The number of methoxy groups -OCH3 is 1. The third-order valence-corrected chi connectivity index (χ3v) is 19.5. The van der Waals surface area contributed by atoms with Gasteiger partial charge < -0.3 is 94.4 Å². The van der Waals surface area contributed by atoms with E-state index in [0.29, 0.717) is 38.5 Å². The maximum atomic E-state index is 14.8. The van der Waals surface area contributed by atoms with Gasteiger partial charge in [0.05, 0.1) is 56.6 Å². The smallest absolute Gasteiger partial charge is 0.315 e. The third-order valence-electron chi connectivity index (χ3n) is 19.5. The molecule has 0 bridgehead atoms. The van der Waals surface area contributed by atoms with E-state index in [0.717, 1.165) is 5.57 Å². The molecule has 0 aromatic heterocycles. The van der Waals surface area contributed by atoms with Crippen molar-refractivity contribution < 1.29 is 104 Å². The fourth-order valence-corrected chi connectivity index (χ4v) is 15.1. The average molecular weight is 989 g/mol. The van der Waals surface area contributed by atoms with Crippen molar-refractivity contribution in [3.63, 3.8) is 0 Å². The van der Waals surface area contributed by atoms with Crippen molar-refractivity contribution in [3.8, 4) is 0 Å². The van der Waals surface area contributed by atoms with Crippen LogP contribution >= 0.6 is 0 Å². The SMILES string of the molecule is COC(=O)[C@]1(C)CC[C@@]2(C(=O)O[C@H]3O[C@@H](CO)[C@H](O)[C@@H](O)[C@@H]3O)CC[C@@]3(C)C(=CC[C@H]4[C@]5(C)C[C@@H](O)[C@@H](O[C@H]6OC[C@H](O[C@H]7O[C@@H](CO)[C@H](O)[C@@H](O)[C@@H]7O)[C@@H](O)[C@@H]6O)[C@](C)(CO)[C@H]5CC[C@@]43C)[C@H]2C1. The van der Waals surface area contributed by atoms with Crippen LogP contribution in [0.15, 0.2) is 11.6 Å². The van der Waals surface area contributed by atoms with Crippen molar-refractivity contribution in [1.82, 2.24) is 0 Å². The minimum absolute atomic E-state index is 0.0678. The topological polar surface area (TPSA) is 342 Å². The summed E-state index contributed by atoms with van der Waals surface area (Å²) in [4.78, 5) is 28.3. The van der Waals surface area contributed by atoms with Gasteiger partial charge in [0.15, 0.2) is 12.6 Å². The molecule has 0 aromatic rings. The van der Waals surface area contributed by atoms with E-state index in [1.807, 2.05) is 13.8 Å². The molecule has 12 N–H and O–H groups in total. The van der Waals surface area contributed by atoms with Crippen molar-refractivity contribution in [2.45, 2.75) is 191 Å². The first-order valence-electron chi connectivity index (χ1n) is 24.5. The summed E-state index contributed by atoms with van der Waals surface area (Å²) in [6, 6.07) is 0. The van der Waals surface area contributed by atoms with E-state index in [4.69, 9.17) is 33.2 Å². The van der Waals surface area contributed by atoms with Crippen LogP contribution in [0.25, 0.3) is 0 Å². The van der Waals surface area contributed by atoms with E-state index in [9.17, 15) is 70.9 Å². The minimum Gasteiger partial charge on any atom is -0.469 e. The molecule has 5 aliphatic carbocycles. The lowest BCUT2D eigenvalue weighted by atomic mass is 9.33. The fraction of sp³-hybridized carbons (Fsp3) is 0.917. The lowest BCUT2D eigenvalue weighted by molar-refractivity contribution is -0.357. The van der Waals surface area contributed by atoms with Crippen molar-refractivity contribution >= 4 is 11.9 Å². The highest BCUT2D eigenvalue weighted by Gasteiger charge is 2.72. The van der Waals surface area contributed by atoms with E-state index >= 15 is 0 Å². The fourth-order valence-electron chi connectivity index (χ4n) is 15.1. The number of ether oxygens (including phenoxy) is 7. The monoisotopic (exact) mass is 988 g/mol. The molecule has 21 nitrogen and oxygen atoms in total. The number of carbonyl (C=O) groups excluding carboxylic acids is 2. The molecule has 3 heterocycles. The number of carbonyl (C=O) groups is 2. The number of rotatable bonds is 10. The Bertz CT molecular complexity index is 1920. The number of aliphatic hydroxyl groups excluding tert-OH is 12. The zero-order valence-corrected chi connectivity index (χ0v) is 40.3. The minimum atomic E-state index is -1.80. The van der Waals surface area contributed by atoms with Crippen LogP contribution < -0.4 is 0 Å². The lowest BCUT2D eigenvalue weighted by Crippen LogP contribution is -2.69. The van der Waals surface area contributed by atoms with E-state index < -0.39 is 175 Å². The maximum Gasteiger partial charge on any atom is 0.315 e. The Balaban J connectivity index is 1.04. The van der Waals surface area contributed by atoms with Gasteiger partial charge in [-0.3, -0.25) is 9.59 Å². The van der Waals surface area contributed by atoms with Gasteiger partial charge in [-0.1, -0.05) is 39.3 Å². The molecule has 25 atom stereocenters. The van der Waals surface area contributed by atoms with Crippen molar-refractivity contribution in [1.29, 1.82) is 0 Å². The van der Waals surface area contributed by atoms with Crippen LogP contribution in [-0.4, -0.2) is 205 Å². The predicted octanol–water partition coefficient (Wildman–Crippen LogP) is -2.12. The summed E-state index contributed by atoms with van der Waals surface area (Å²) < 4.78 is 40.3. The number of aliphatic hydroxyl groups is 12. The Morgan fingerprint density at radius 2 is 1.26 bits per heavy atom. The van der Waals surface area contributed by atoms with Gasteiger partial charge in [0.25, 0.3) is 0 Å². The molecule has 3 saturated heterocycles. The summed E-state index contributed by atoms with van der Waals surface area (Å²) >= 11 is 0. The zero-order valence-electron chi connectivity index (χ0n) is 40.3. The highest BCUT2D eigenvalue weighted by atomic mass is 16.7. The third kappa shape index (κ3) is 8.16. The van der Waals surface area contributed by atoms with Gasteiger partial charge in [-0.05, 0) is 98.7 Å². The number of esters is 2. The van der Waals surface area contributed by atoms with Crippen molar-refractivity contribution in [2.24, 2.45) is 50.2 Å². The van der Waals surface area contributed by atoms with Crippen LogP contribution in [0, 0.1) is 50.2 Å². The molecular weight excluding hydrogens is 913 g/mol. The van der Waals surface area contributed by atoms with Crippen LogP contribution in [0.4, 0.5) is 0 Å². The molecule has 394 valence electrons. The maximum absolute atomic E-state index is 14.8. The standard InChI is InChI=1S/C48H76O21/c1-43(41(61)63-6)11-13-48(42(62)69-40-36(60)33(57)30(54)25(18-50)66-40)14-12-46(4)21(22(48)15-43)7-8-28-44(2)16-23(52)37(45(3,20-51)27(44)9-10-47(28,46)5)68-38-34(58)31(55)26(19-64-38)67-39-35(59)32(56)29(53)24(17-49)65-39/h7,22-40,49-60H,8-20H2,1-6H3/t22-,23-,24+,25+,26+,27+,28+,29+,30+,31-,32-,33-,34+,35+,36+,37-,38-,39-,40-,43-,44-,45-,46+,47+,48-/m1/s1. The summed E-state index contributed by atoms with van der Waals surface area (Å²) in [6.07, 6.45) is -18.7. The van der Waals surface area contributed by atoms with Crippen LogP contribution in [0.2, 0.25) is 0 Å². The number of allylic oxidation sites excluding steroid dienone is 2. The Morgan fingerprint density at radius 3 is 1.87 bits per heavy atom. The Morgan fingerprint density at radius 1 is 0.667 bits per heavy atom. The number of hydrogen-bond acceptors (Lipinski definition) is 21. The second kappa shape index (κ2) is 19.0. The summed E-state index contributed by atoms with van der Waals surface area (Å²) in [5.41, 5.74) is -3.81. The highest BCUT2D eigenvalue weighted by Crippen LogP contribution is 2.76. The first-order valence-corrected chi connectivity index (χ1v) is 24.5. The lowest BCUT2D eigenvalue weighted by Gasteiger charge is -2.71. The van der Waals surface area contributed by atoms with E-state index in [2.05, 4.69) is 26.8 Å². The summed E-state index contributed by atoms with van der Waals surface area (Å²) in [5, 5.41) is 128. The molecule has 69 heavy (non-hydrogen) atoms. The summed E-state index contributed by atoms with van der Waals surface area (Å²) in [5.74, 6) is -1.90. The zero-order chi connectivity index (χ0) is 50.6. The molecule has 0 unspecified atom stereocenters. The van der Waals surface area contributed by atoms with Crippen molar-refractivity contribution in [2.75, 3.05) is 33.5 Å². The average Bonchev–Trinajstić information content (AvgIpc) is 3.32. The second-order valence-corrected chi connectivity index (χ2v) is 22.9. The van der Waals surface area contributed by atoms with Gasteiger partial charge in [-0.25, -0.2) is 0 Å². The van der Waals surface area contributed by atoms with Gasteiger partial charge in [0.1, 0.15) is 67.1 Å². The molecular formula is C48H76O21. The molecule has 0 amide bonds. The molecule has 21 heteroatoms. The molecule has 8 rings (SSSR count). The normalized spacial score (nSPS) is 54.2. The van der Waals surface area contributed by atoms with Gasteiger partial charge in [-0.15, -0.1) is 0 Å². The molecule has 0 aromatic carbocycles. The van der Waals surface area contributed by atoms with Crippen LogP contribution in [0.3, 0.4) is 0 Å². The molecule has 3 aliphatic heterocycles. The van der Waals surface area contributed by atoms with Crippen LogP contribution in [-0.2, 0) is 42.7 Å². The van der Waals surface area contributed by atoms with Crippen LogP contribution in [0.5, 0.6) is 0 Å². The van der Waals surface area contributed by atoms with Gasteiger partial charge in [0.2, 0.25) is 6.29 Å². The predicted molar refractivity (Wildman–Crippen MR) is 233 cm³/mol. The number of fused-ring (bicyclic) bond motifs is 7. The highest BCUT2D eigenvalue weighted by molar-refractivity contribution is 5.81. The van der Waals surface area contributed by atoms with Gasteiger partial charge in [-0.2, -0.15) is 0 Å². The Kier molecular flexibility index (Phi) is 14.7. The molecule has 7 fully saturated rings. The Labute approximate surface area is 401 Å². The van der Waals surface area contributed by atoms with Crippen molar-refractivity contribution in [3.05, 3.63) is 11.6 Å². The van der Waals surface area contributed by atoms with Gasteiger partial charge >= 0.3 is 11.9 Å². The molecule has 0 radical (unpaired) electrons. The quantitative estimate of drug-likeness (QED) is 0.0632. The second-order valence-electron chi connectivity index (χ2n) is 22.9. The van der Waals surface area contributed by atoms with Crippen LogP contribution in [0.1, 0.15) is 92.4 Å².